The molecule has 4 nitrogen and oxygen atoms in total. The van der Waals surface area contributed by atoms with E-state index in [4.69, 9.17) is 9.47 Å². The van der Waals surface area contributed by atoms with Gasteiger partial charge in [0.2, 0.25) is 0 Å². The minimum atomic E-state index is -0.0898. The van der Waals surface area contributed by atoms with Gasteiger partial charge >= 0.3 is 0 Å². The fourth-order valence-electron chi connectivity index (χ4n) is 2.77. The fraction of sp³-hybridized carbons (Fsp3) is 0.182. The number of pyridine rings is 1. The van der Waals surface area contributed by atoms with Crippen molar-refractivity contribution < 1.29 is 14.3 Å². The fourth-order valence-corrected chi connectivity index (χ4v) is 2.77. The molecule has 3 aromatic rings. The number of benzene rings is 2. The molecule has 0 aliphatic rings. The SMILES string of the molecule is COc1ccc(C(=O)c2ccc(CCc3ccccc3)nc2)cc1OC. The van der Waals surface area contributed by atoms with Crippen LogP contribution in [0.5, 0.6) is 11.5 Å². The third-order valence-corrected chi connectivity index (χ3v) is 4.25. The molecule has 0 saturated heterocycles. The molecule has 26 heavy (non-hydrogen) atoms. The minimum Gasteiger partial charge on any atom is -0.493 e. The smallest absolute Gasteiger partial charge is 0.194 e. The quantitative estimate of drug-likeness (QED) is 0.603. The van der Waals surface area contributed by atoms with Crippen LogP contribution in [0.3, 0.4) is 0 Å². The number of aryl methyl sites for hydroxylation is 2. The lowest BCUT2D eigenvalue weighted by Gasteiger charge is -2.09. The number of aromatic nitrogens is 1. The first-order valence-corrected chi connectivity index (χ1v) is 8.47. The first kappa shape index (κ1) is 17.7. The van der Waals surface area contributed by atoms with Crippen LogP contribution in [-0.4, -0.2) is 25.0 Å². The first-order chi connectivity index (χ1) is 12.7. The summed E-state index contributed by atoms with van der Waals surface area (Å²) in [6.07, 6.45) is 3.41. The van der Waals surface area contributed by atoms with Crippen LogP contribution in [-0.2, 0) is 12.8 Å². The van der Waals surface area contributed by atoms with Crippen LogP contribution in [0.25, 0.3) is 0 Å². The van der Waals surface area contributed by atoms with Crippen molar-refractivity contribution in [1.29, 1.82) is 0 Å². The maximum atomic E-state index is 12.7. The summed E-state index contributed by atoms with van der Waals surface area (Å²) in [5, 5.41) is 0. The maximum Gasteiger partial charge on any atom is 0.194 e. The maximum absolute atomic E-state index is 12.7. The van der Waals surface area contributed by atoms with Gasteiger partial charge in [-0.25, -0.2) is 0 Å². The number of ether oxygens (including phenoxy) is 2. The number of hydrogen-bond donors (Lipinski definition) is 0. The highest BCUT2D eigenvalue weighted by Gasteiger charge is 2.13. The molecule has 0 aliphatic carbocycles. The van der Waals surface area contributed by atoms with E-state index in [9.17, 15) is 4.79 Å². The standard InChI is InChI=1S/C22H21NO3/c1-25-20-13-10-17(14-21(20)26-2)22(24)18-9-12-19(23-15-18)11-8-16-6-4-3-5-7-16/h3-7,9-10,12-15H,8,11H2,1-2H3. The Morgan fingerprint density at radius 1 is 0.846 bits per heavy atom. The summed E-state index contributed by atoms with van der Waals surface area (Å²) in [5.41, 5.74) is 3.35. The molecule has 1 heterocycles. The zero-order valence-corrected chi connectivity index (χ0v) is 14.9. The molecule has 0 amide bonds. The molecule has 0 unspecified atom stereocenters. The Balaban J connectivity index is 1.70. The summed E-state index contributed by atoms with van der Waals surface area (Å²) >= 11 is 0. The highest BCUT2D eigenvalue weighted by atomic mass is 16.5. The second kappa shape index (κ2) is 8.30. The lowest BCUT2D eigenvalue weighted by atomic mass is 10.0. The number of nitrogens with zero attached hydrogens (tertiary/aromatic N) is 1. The molecule has 1 aromatic heterocycles. The van der Waals surface area contributed by atoms with Crippen molar-refractivity contribution in [3.63, 3.8) is 0 Å². The van der Waals surface area contributed by atoms with Gasteiger partial charge in [-0.15, -0.1) is 0 Å². The minimum absolute atomic E-state index is 0.0898. The van der Waals surface area contributed by atoms with E-state index in [1.165, 1.54) is 5.56 Å². The second-order valence-electron chi connectivity index (χ2n) is 5.92. The topological polar surface area (TPSA) is 48.4 Å². The summed E-state index contributed by atoms with van der Waals surface area (Å²) in [4.78, 5) is 17.1. The monoisotopic (exact) mass is 347 g/mol. The average Bonchev–Trinajstić information content (AvgIpc) is 2.72. The van der Waals surface area contributed by atoms with Gasteiger partial charge in [0.05, 0.1) is 14.2 Å². The van der Waals surface area contributed by atoms with Crippen molar-refractivity contribution in [1.82, 2.24) is 4.98 Å². The molecular formula is C22H21NO3. The van der Waals surface area contributed by atoms with Crippen molar-refractivity contribution in [2.24, 2.45) is 0 Å². The Morgan fingerprint density at radius 3 is 2.23 bits per heavy atom. The van der Waals surface area contributed by atoms with E-state index in [1.807, 2.05) is 30.3 Å². The Bertz CT molecular complexity index is 874. The highest BCUT2D eigenvalue weighted by Crippen LogP contribution is 2.28. The zero-order valence-electron chi connectivity index (χ0n) is 14.9. The van der Waals surface area contributed by atoms with Crippen LogP contribution >= 0.6 is 0 Å². The molecule has 0 spiro atoms. The normalized spacial score (nSPS) is 10.4. The molecule has 3 rings (SSSR count). The van der Waals surface area contributed by atoms with Gasteiger partial charge in [-0.1, -0.05) is 30.3 Å². The van der Waals surface area contributed by atoms with Crippen molar-refractivity contribution in [3.05, 3.63) is 89.2 Å². The molecule has 132 valence electrons. The van der Waals surface area contributed by atoms with Crippen LogP contribution in [0, 0.1) is 0 Å². The molecule has 0 N–H and O–H groups in total. The van der Waals surface area contributed by atoms with E-state index in [0.717, 1.165) is 18.5 Å². The Hall–Kier alpha value is -3.14. The largest absolute Gasteiger partial charge is 0.493 e. The summed E-state index contributed by atoms with van der Waals surface area (Å²) in [6.45, 7) is 0. The van der Waals surface area contributed by atoms with Gasteiger partial charge in [0, 0.05) is 23.0 Å². The molecular weight excluding hydrogens is 326 g/mol. The van der Waals surface area contributed by atoms with E-state index >= 15 is 0 Å². The summed E-state index contributed by atoms with van der Waals surface area (Å²) < 4.78 is 10.5. The van der Waals surface area contributed by atoms with Crippen LogP contribution in [0.15, 0.2) is 66.9 Å². The Morgan fingerprint density at radius 2 is 1.58 bits per heavy atom. The molecule has 0 bridgehead atoms. The molecule has 0 fully saturated rings. The predicted molar refractivity (Wildman–Crippen MR) is 101 cm³/mol. The number of rotatable bonds is 7. The second-order valence-corrected chi connectivity index (χ2v) is 5.92. The van der Waals surface area contributed by atoms with Crippen LogP contribution in [0.1, 0.15) is 27.2 Å². The summed E-state index contributed by atoms with van der Waals surface area (Å²) in [5.74, 6) is 1.04. The van der Waals surface area contributed by atoms with Crippen LogP contribution in [0.4, 0.5) is 0 Å². The Labute approximate surface area is 153 Å². The predicted octanol–water partition coefficient (Wildman–Crippen LogP) is 4.12. The van der Waals surface area contributed by atoms with E-state index in [-0.39, 0.29) is 5.78 Å². The zero-order chi connectivity index (χ0) is 18.4. The van der Waals surface area contributed by atoms with E-state index in [0.29, 0.717) is 22.6 Å². The van der Waals surface area contributed by atoms with Crippen LogP contribution < -0.4 is 9.47 Å². The van der Waals surface area contributed by atoms with Gasteiger partial charge < -0.3 is 9.47 Å². The number of ketones is 1. The van der Waals surface area contributed by atoms with Gasteiger partial charge in [0.1, 0.15) is 0 Å². The molecule has 0 aliphatic heterocycles. The molecule has 4 heteroatoms. The lowest BCUT2D eigenvalue weighted by molar-refractivity contribution is 0.103. The molecule has 0 radical (unpaired) electrons. The van der Waals surface area contributed by atoms with Crippen molar-refractivity contribution >= 4 is 5.78 Å². The number of methoxy groups -OCH3 is 2. The van der Waals surface area contributed by atoms with Gasteiger partial charge in [-0.3, -0.25) is 9.78 Å². The van der Waals surface area contributed by atoms with Crippen molar-refractivity contribution in [3.8, 4) is 11.5 Å². The van der Waals surface area contributed by atoms with Crippen molar-refractivity contribution in [2.45, 2.75) is 12.8 Å². The van der Waals surface area contributed by atoms with E-state index in [1.54, 1.807) is 38.6 Å². The molecule has 0 saturated carbocycles. The van der Waals surface area contributed by atoms with Crippen LogP contribution in [0.2, 0.25) is 0 Å². The first-order valence-electron chi connectivity index (χ1n) is 8.47. The number of carbonyl (C=O) groups excluding carboxylic acids is 1. The van der Waals surface area contributed by atoms with Gasteiger partial charge in [-0.2, -0.15) is 0 Å². The van der Waals surface area contributed by atoms with Gasteiger partial charge in [-0.05, 0) is 48.7 Å². The summed E-state index contributed by atoms with van der Waals surface area (Å²) in [7, 11) is 3.12. The highest BCUT2D eigenvalue weighted by molar-refractivity contribution is 6.09. The lowest BCUT2D eigenvalue weighted by Crippen LogP contribution is -2.04. The van der Waals surface area contributed by atoms with Gasteiger partial charge in [0.25, 0.3) is 0 Å². The van der Waals surface area contributed by atoms with Crippen molar-refractivity contribution in [2.75, 3.05) is 14.2 Å². The number of carbonyl (C=O) groups is 1. The average molecular weight is 347 g/mol. The third kappa shape index (κ3) is 4.09. The number of hydrogen-bond acceptors (Lipinski definition) is 4. The van der Waals surface area contributed by atoms with E-state index in [2.05, 4.69) is 17.1 Å². The molecule has 0 atom stereocenters. The summed E-state index contributed by atoms with van der Waals surface area (Å²) in [6, 6.07) is 19.2. The van der Waals surface area contributed by atoms with E-state index < -0.39 is 0 Å². The Kier molecular flexibility index (Phi) is 5.64. The third-order valence-electron chi connectivity index (χ3n) is 4.25. The van der Waals surface area contributed by atoms with Gasteiger partial charge in [0.15, 0.2) is 17.3 Å². The molecule has 2 aromatic carbocycles.